The fourth-order valence-corrected chi connectivity index (χ4v) is 2.67. The van der Waals surface area contributed by atoms with Crippen molar-refractivity contribution in [3.05, 3.63) is 58.7 Å². The molecule has 3 N–H and O–H groups in total. The third-order valence-electron chi connectivity index (χ3n) is 4.23. The molecule has 2 aromatic carbocycles. The van der Waals surface area contributed by atoms with Gasteiger partial charge >= 0.3 is 7.12 Å². The van der Waals surface area contributed by atoms with Crippen molar-refractivity contribution in [2.24, 2.45) is 0 Å². The monoisotopic (exact) mass is 331 g/mol. The van der Waals surface area contributed by atoms with Gasteiger partial charge in [0.2, 0.25) is 0 Å². The van der Waals surface area contributed by atoms with Crippen LogP contribution in [0.3, 0.4) is 0 Å². The number of carbonyl (C=O) groups is 1. The third-order valence-corrected chi connectivity index (χ3v) is 4.23. The van der Waals surface area contributed by atoms with E-state index >= 15 is 0 Å². The minimum absolute atomic E-state index is 0.0603. The van der Waals surface area contributed by atoms with Gasteiger partial charge in [0.25, 0.3) is 5.91 Å². The summed E-state index contributed by atoms with van der Waals surface area (Å²) < 4.78 is 27.8. The molecule has 3 rings (SSSR count). The Morgan fingerprint density at radius 3 is 2.50 bits per heavy atom. The average Bonchev–Trinajstić information content (AvgIpc) is 3.34. The number of anilines is 1. The van der Waals surface area contributed by atoms with Crippen molar-refractivity contribution in [1.82, 2.24) is 0 Å². The zero-order valence-corrected chi connectivity index (χ0v) is 13.0. The van der Waals surface area contributed by atoms with Gasteiger partial charge in [-0.1, -0.05) is 6.07 Å². The van der Waals surface area contributed by atoms with Crippen LogP contribution in [0.2, 0.25) is 0 Å². The van der Waals surface area contributed by atoms with Crippen LogP contribution in [0.1, 0.15) is 40.2 Å². The molecular weight excluding hydrogens is 315 g/mol. The van der Waals surface area contributed by atoms with Gasteiger partial charge in [-0.15, -0.1) is 0 Å². The van der Waals surface area contributed by atoms with Crippen LogP contribution in [0, 0.1) is 18.6 Å². The van der Waals surface area contributed by atoms with Crippen LogP contribution in [0.5, 0.6) is 0 Å². The lowest BCUT2D eigenvalue weighted by atomic mass is 9.77. The van der Waals surface area contributed by atoms with Crippen molar-refractivity contribution in [2.75, 3.05) is 5.32 Å². The number of carbonyl (C=O) groups excluding carboxylic acids is 1. The molecule has 1 aliphatic rings. The van der Waals surface area contributed by atoms with Crippen molar-refractivity contribution in [3.63, 3.8) is 0 Å². The summed E-state index contributed by atoms with van der Waals surface area (Å²) in [6, 6.07) is 6.51. The van der Waals surface area contributed by atoms with Crippen molar-refractivity contribution in [2.45, 2.75) is 25.7 Å². The molecule has 124 valence electrons. The second kappa shape index (κ2) is 6.34. The number of hydrogen-bond donors (Lipinski definition) is 3. The fraction of sp³-hybridized carbons (Fsp3) is 0.235. The molecule has 2 aromatic rings. The van der Waals surface area contributed by atoms with Crippen molar-refractivity contribution >= 4 is 24.2 Å². The van der Waals surface area contributed by atoms with E-state index in [2.05, 4.69) is 5.32 Å². The molecular formula is C17H16BF2NO3. The zero-order valence-electron chi connectivity index (χ0n) is 13.0. The minimum Gasteiger partial charge on any atom is -0.423 e. The van der Waals surface area contributed by atoms with E-state index in [9.17, 15) is 23.6 Å². The number of benzene rings is 2. The molecule has 24 heavy (non-hydrogen) atoms. The highest BCUT2D eigenvalue weighted by Crippen LogP contribution is 2.40. The summed E-state index contributed by atoms with van der Waals surface area (Å²) in [6.45, 7) is 1.51. The summed E-state index contributed by atoms with van der Waals surface area (Å²) in [5, 5.41) is 20.9. The highest BCUT2D eigenvalue weighted by atomic mass is 19.1. The minimum atomic E-state index is -1.87. The Balaban J connectivity index is 1.87. The predicted octanol–water partition coefficient (Wildman–Crippen LogP) is 2.08. The first-order valence-electron chi connectivity index (χ1n) is 7.64. The lowest BCUT2D eigenvalue weighted by Gasteiger charge is -2.13. The second-order valence-corrected chi connectivity index (χ2v) is 6.01. The maximum absolute atomic E-state index is 14.2. The van der Waals surface area contributed by atoms with E-state index in [0.717, 1.165) is 30.5 Å². The highest BCUT2D eigenvalue weighted by Gasteiger charge is 2.25. The van der Waals surface area contributed by atoms with Crippen LogP contribution in [0.4, 0.5) is 14.5 Å². The van der Waals surface area contributed by atoms with E-state index in [0.29, 0.717) is 11.5 Å². The van der Waals surface area contributed by atoms with Gasteiger partial charge in [0.15, 0.2) is 0 Å². The molecule has 7 heteroatoms. The van der Waals surface area contributed by atoms with E-state index in [-0.39, 0.29) is 16.7 Å². The van der Waals surface area contributed by atoms with Crippen LogP contribution in [0.25, 0.3) is 0 Å². The van der Waals surface area contributed by atoms with Crippen LogP contribution in [-0.4, -0.2) is 23.1 Å². The maximum Gasteiger partial charge on any atom is 0.488 e. The number of halogens is 2. The zero-order chi connectivity index (χ0) is 17.4. The number of rotatable bonds is 4. The maximum atomic E-state index is 14.2. The van der Waals surface area contributed by atoms with Crippen molar-refractivity contribution in [1.29, 1.82) is 0 Å². The summed E-state index contributed by atoms with van der Waals surface area (Å²) >= 11 is 0. The molecule has 1 aliphatic carbocycles. The number of amides is 1. The lowest BCUT2D eigenvalue weighted by molar-refractivity contribution is 0.102. The van der Waals surface area contributed by atoms with Gasteiger partial charge in [0, 0.05) is 5.69 Å². The number of hydrogen-bond acceptors (Lipinski definition) is 3. The van der Waals surface area contributed by atoms with Crippen molar-refractivity contribution in [3.8, 4) is 0 Å². The Bertz CT molecular complexity index is 807. The van der Waals surface area contributed by atoms with Crippen LogP contribution in [0.15, 0.2) is 30.3 Å². The average molecular weight is 331 g/mol. The Hall–Kier alpha value is -2.25. The van der Waals surface area contributed by atoms with E-state index < -0.39 is 24.7 Å². The van der Waals surface area contributed by atoms with Gasteiger partial charge in [0.05, 0.1) is 5.56 Å². The molecule has 1 amide bonds. The molecule has 1 saturated carbocycles. The van der Waals surface area contributed by atoms with Gasteiger partial charge in [0.1, 0.15) is 11.6 Å². The third kappa shape index (κ3) is 3.32. The summed E-state index contributed by atoms with van der Waals surface area (Å²) in [4.78, 5) is 12.3. The van der Waals surface area contributed by atoms with Gasteiger partial charge in [-0.3, -0.25) is 4.79 Å². The smallest absolute Gasteiger partial charge is 0.423 e. The Kier molecular flexibility index (Phi) is 4.38. The summed E-state index contributed by atoms with van der Waals surface area (Å²) in [5.41, 5.74) is 1.03. The predicted molar refractivity (Wildman–Crippen MR) is 87.3 cm³/mol. The molecule has 0 spiro atoms. The lowest BCUT2D eigenvalue weighted by Crippen LogP contribution is -2.33. The van der Waals surface area contributed by atoms with Gasteiger partial charge in [-0.2, -0.15) is 0 Å². The fourth-order valence-electron chi connectivity index (χ4n) is 2.67. The molecule has 0 saturated heterocycles. The van der Waals surface area contributed by atoms with E-state index in [1.807, 2.05) is 0 Å². The largest absolute Gasteiger partial charge is 0.488 e. The first-order chi connectivity index (χ1) is 11.4. The van der Waals surface area contributed by atoms with Crippen molar-refractivity contribution < 1.29 is 23.6 Å². The van der Waals surface area contributed by atoms with Crippen LogP contribution in [-0.2, 0) is 0 Å². The van der Waals surface area contributed by atoms with Gasteiger partial charge in [-0.25, -0.2) is 8.78 Å². The second-order valence-electron chi connectivity index (χ2n) is 6.01. The quantitative estimate of drug-likeness (QED) is 0.752. The van der Waals surface area contributed by atoms with E-state index in [1.54, 1.807) is 6.07 Å². The Morgan fingerprint density at radius 1 is 1.21 bits per heavy atom. The SMILES string of the molecule is Cc1c(NC(=O)c2ccc(C3CC3)cc2F)cc(F)cc1B(O)O. The summed E-state index contributed by atoms with van der Waals surface area (Å²) in [7, 11) is -1.87. The van der Waals surface area contributed by atoms with Gasteiger partial charge < -0.3 is 15.4 Å². The van der Waals surface area contributed by atoms with Crippen LogP contribution < -0.4 is 10.8 Å². The summed E-state index contributed by atoms with van der Waals surface area (Å²) in [6.07, 6.45) is 2.06. The topological polar surface area (TPSA) is 69.6 Å². The number of nitrogens with one attached hydrogen (secondary N) is 1. The summed E-state index contributed by atoms with van der Waals surface area (Å²) in [5.74, 6) is -1.71. The molecule has 0 radical (unpaired) electrons. The van der Waals surface area contributed by atoms with E-state index in [1.165, 1.54) is 19.1 Å². The molecule has 0 bridgehead atoms. The molecule has 0 unspecified atom stereocenters. The molecule has 4 nitrogen and oxygen atoms in total. The Labute approximate surface area is 138 Å². The first kappa shape index (κ1) is 16.6. The normalized spacial score (nSPS) is 13.7. The molecule has 0 aliphatic heterocycles. The first-order valence-corrected chi connectivity index (χ1v) is 7.64. The molecule has 0 aromatic heterocycles. The molecule has 1 fully saturated rings. The van der Waals surface area contributed by atoms with Gasteiger partial charge in [-0.05, 0) is 66.5 Å². The highest BCUT2D eigenvalue weighted by molar-refractivity contribution is 6.59. The standard InChI is InChI=1S/C17H16BF2NO3/c1-9-14(18(23)24)7-12(19)8-16(9)21-17(22)13-5-4-11(6-15(13)20)10-2-3-10/h4-8,10,23-24H,2-3H2,1H3,(H,21,22). The Morgan fingerprint density at radius 2 is 1.92 bits per heavy atom. The molecule has 0 heterocycles. The molecule has 0 atom stereocenters. The van der Waals surface area contributed by atoms with Crippen LogP contribution >= 0.6 is 0 Å². The van der Waals surface area contributed by atoms with E-state index in [4.69, 9.17) is 0 Å².